The molecule has 0 radical (unpaired) electrons. The van der Waals surface area contributed by atoms with Crippen LogP contribution in [0.15, 0.2) is 90.0 Å². The minimum absolute atomic E-state index is 0.00304. The normalized spacial score (nSPS) is 24.8. The monoisotopic (exact) mass is 603 g/mol. The van der Waals surface area contributed by atoms with Crippen molar-refractivity contribution in [2.75, 3.05) is 24.4 Å². The number of hydrogen-bond donors (Lipinski definition) is 3. The zero-order chi connectivity index (χ0) is 30.0. The van der Waals surface area contributed by atoms with Crippen molar-refractivity contribution >= 4 is 26.6 Å². The molecule has 10 heteroatoms. The number of benzene rings is 3. The maximum atomic E-state index is 13.5. The van der Waals surface area contributed by atoms with Crippen LogP contribution in [0.1, 0.15) is 48.8 Å². The Bertz CT molecular complexity index is 1660. The molecule has 2 aliphatic rings. The van der Waals surface area contributed by atoms with E-state index in [0.717, 1.165) is 35.9 Å². The Kier molecular flexibility index (Phi) is 8.76. The average Bonchev–Trinajstić information content (AvgIpc) is 3.49. The average molecular weight is 604 g/mol. The molecule has 0 amide bonds. The number of para-hydroxylation sites is 1. The van der Waals surface area contributed by atoms with Crippen LogP contribution < -0.4 is 4.72 Å². The van der Waals surface area contributed by atoms with E-state index in [1.165, 1.54) is 0 Å². The lowest BCUT2D eigenvalue weighted by Crippen LogP contribution is -2.46. The van der Waals surface area contributed by atoms with Gasteiger partial charge in [0.1, 0.15) is 4.90 Å². The molecular formula is C33H37N3O6S. The number of rotatable bonds is 9. The van der Waals surface area contributed by atoms with Gasteiger partial charge in [0.15, 0.2) is 6.29 Å². The molecule has 0 bridgehead atoms. The van der Waals surface area contributed by atoms with Gasteiger partial charge in [0.25, 0.3) is 10.0 Å². The van der Waals surface area contributed by atoms with Crippen molar-refractivity contribution in [3.05, 3.63) is 102 Å². The second-order valence-corrected chi connectivity index (χ2v) is 13.0. The van der Waals surface area contributed by atoms with Gasteiger partial charge in [0.2, 0.25) is 0 Å². The Hall–Kier alpha value is -3.38. The third kappa shape index (κ3) is 6.31. The maximum absolute atomic E-state index is 13.5. The van der Waals surface area contributed by atoms with Crippen molar-refractivity contribution in [1.82, 2.24) is 9.88 Å². The van der Waals surface area contributed by atoms with Crippen LogP contribution >= 0.6 is 0 Å². The predicted molar refractivity (Wildman–Crippen MR) is 164 cm³/mol. The number of nitrogens with zero attached hydrogens (tertiary/aromatic N) is 2. The lowest BCUT2D eigenvalue weighted by Gasteiger charge is -2.43. The van der Waals surface area contributed by atoms with Gasteiger partial charge in [-0.05, 0) is 54.8 Å². The van der Waals surface area contributed by atoms with Crippen LogP contribution in [-0.4, -0.2) is 60.4 Å². The van der Waals surface area contributed by atoms with E-state index in [4.69, 9.17) is 9.47 Å². The summed E-state index contributed by atoms with van der Waals surface area (Å²) in [6, 6.07) is 23.6. The van der Waals surface area contributed by atoms with E-state index in [9.17, 15) is 18.6 Å². The Morgan fingerprint density at radius 3 is 2.56 bits per heavy atom. The van der Waals surface area contributed by atoms with Crippen LogP contribution in [0, 0.1) is 5.92 Å². The van der Waals surface area contributed by atoms with E-state index in [0.29, 0.717) is 23.3 Å². The maximum Gasteiger partial charge on any atom is 0.264 e. The second kappa shape index (κ2) is 12.7. The molecule has 3 heterocycles. The number of anilines is 1. The molecule has 5 unspecified atom stereocenters. The summed E-state index contributed by atoms with van der Waals surface area (Å²) in [7, 11) is -3.94. The Labute approximate surface area is 252 Å². The van der Waals surface area contributed by atoms with Gasteiger partial charge in [0.05, 0.1) is 30.9 Å². The highest BCUT2D eigenvalue weighted by atomic mass is 32.2. The number of aromatic nitrogens is 1. The van der Waals surface area contributed by atoms with Gasteiger partial charge in [-0.1, -0.05) is 61.5 Å². The molecule has 5 atom stereocenters. The number of likely N-dealkylation sites (tertiary alicyclic amines) is 1. The summed E-state index contributed by atoms with van der Waals surface area (Å²) in [5.74, 6) is -0.00304. The van der Waals surface area contributed by atoms with Crippen LogP contribution in [-0.2, 0) is 26.1 Å². The van der Waals surface area contributed by atoms with Crippen LogP contribution in [0.3, 0.4) is 0 Å². The molecule has 3 N–H and O–H groups in total. The first-order valence-corrected chi connectivity index (χ1v) is 16.2. The summed E-state index contributed by atoms with van der Waals surface area (Å²) in [4.78, 5) is 6.70. The fourth-order valence-electron chi connectivity index (χ4n) is 6.15. The Morgan fingerprint density at radius 2 is 1.77 bits per heavy atom. The van der Waals surface area contributed by atoms with Crippen molar-refractivity contribution in [3.8, 4) is 0 Å². The first-order valence-electron chi connectivity index (χ1n) is 14.7. The van der Waals surface area contributed by atoms with Crippen molar-refractivity contribution in [2.45, 2.75) is 55.8 Å². The summed E-state index contributed by atoms with van der Waals surface area (Å²) >= 11 is 0. The van der Waals surface area contributed by atoms with E-state index in [2.05, 4.69) is 21.5 Å². The molecule has 6 rings (SSSR count). The number of pyridine rings is 1. The number of aliphatic hydroxyl groups is 2. The fourth-order valence-corrected chi connectivity index (χ4v) is 7.38. The standard InChI is InChI=1S/C33H37N3O6S/c1-22-29(19-36-17-5-10-28(36)21-38)41-33(42-32(22)25-14-12-23(20-37)13-15-25)26-7-2-9-27(18-26)35-43(39,40)30-11-3-6-24-8-4-16-34-31(24)30/h2-4,6-9,11-16,18,22,28-29,32-33,35,37-38H,5,10,17,19-21H2,1H3. The zero-order valence-corrected chi connectivity index (χ0v) is 24.9. The number of nitrogens with one attached hydrogen (secondary N) is 1. The van der Waals surface area contributed by atoms with Crippen LogP contribution in [0.4, 0.5) is 5.69 Å². The molecule has 3 aromatic carbocycles. The lowest BCUT2D eigenvalue weighted by atomic mass is 9.90. The quantitative estimate of drug-likeness (QED) is 0.250. The molecule has 2 aliphatic heterocycles. The second-order valence-electron chi connectivity index (χ2n) is 11.4. The lowest BCUT2D eigenvalue weighted by molar-refractivity contribution is -0.276. The highest BCUT2D eigenvalue weighted by molar-refractivity contribution is 7.93. The third-order valence-electron chi connectivity index (χ3n) is 8.54. The first kappa shape index (κ1) is 29.7. The minimum atomic E-state index is -3.94. The summed E-state index contributed by atoms with van der Waals surface area (Å²) < 4.78 is 42.9. The Morgan fingerprint density at radius 1 is 0.977 bits per heavy atom. The van der Waals surface area contributed by atoms with Gasteiger partial charge in [-0.25, -0.2) is 8.42 Å². The highest BCUT2D eigenvalue weighted by Gasteiger charge is 2.40. The van der Waals surface area contributed by atoms with Gasteiger partial charge in [-0.15, -0.1) is 0 Å². The molecule has 0 spiro atoms. The van der Waals surface area contributed by atoms with E-state index in [1.807, 2.05) is 42.5 Å². The van der Waals surface area contributed by atoms with E-state index in [1.54, 1.807) is 42.6 Å². The molecular weight excluding hydrogens is 566 g/mol. The summed E-state index contributed by atoms with van der Waals surface area (Å²) in [6.07, 6.45) is 2.33. The van der Waals surface area contributed by atoms with Crippen LogP contribution in [0.5, 0.6) is 0 Å². The van der Waals surface area contributed by atoms with Crippen molar-refractivity contribution in [3.63, 3.8) is 0 Å². The topological polar surface area (TPSA) is 121 Å². The molecule has 226 valence electrons. The van der Waals surface area contributed by atoms with Crippen molar-refractivity contribution < 1.29 is 28.1 Å². The number of sulfonamides is 1. The summed E-state index contributed by atoms with van der Waals surface area (Å²) in [5, 5.41) is 20.2. The molecule has 2 fully saturated rings. The molecule has 43 heavy (non-hydrogen) atoms. The van der Waals surface area contributed by atoms with Gasteiger partial charge in [-0.2, -0.15) is 0 Å². The molecule has 4 aromatic rings. The number of fused-ring (bicyclic) bond motifs is 1. The summed E-state index contributed by atoms with van der Waals surface area (Å²) in [5.41, 5.74) is 3.27. The van der Waals surface area contributed by atoms with Gasteiger partial charge in [-0.3, -0.25) is 14.6 Å². The minimum Gasteiger partial charge on any atom is -0.395 e. The highest BCUT2D eigenvalue weighted by Crippen LogP contribution is 2.42. The van der Waals surface area contributed by atoms with Gasteiger partial charge >= 0.3 is 0 Å². The summed E-state index contributed by atoms with van der Waals surface area (Å²) in [6.45, 7) is 3.74. The zero-order valence-electron chi connectivity index (χ0n) is 24.0. The smallest absolute Gasteiger partial charge is 0.264 e. The first-order chi connectivity index (χ1) is 20.9. The molecule has 9 nitrogen and oxygen atoms in total. The van der Waals surface area contributed by atoms with Crippen molar-refractivity contribution in [1.29, 1.82) is 0 Å². The van der Waals surface area contributed by atoms with E-state index >= 15 is 0 Å². The number of ether oxygens (including phenoxy) is 2. The van der Waals surface area contributed by atoms with Gasteiger partial charge in [0, 0.05) is 41.3 Å². The van der Waals surface area contributed by atoms with Crippen molar-refractivity contribution in [2.24, 2.45) is 5.92 Å². The predicted octanol–water partition coefficient (Wildman–Crippen LogP) is 4.78. The fraction of sp³-hybridized carbons (Fsp3) is 0.364. The Balaban J connectivity index is 1.29. The molecule has 1 aromatic heterocycles. The SMILES string of the molecule is CC1C(CN2CCCC2CO)OC(c2cccc(NS(=O)(=O)c3cccc4cccnc34)c2)OC1c1ccc(CO)cc1. The largest absolute Gasteiger partial charge is 0.395 e. The number of hydrogen-bond acceptors (Lipinski definition) is 8. The third-order valence-corrected chi connectivity index (χ3v) is 9.96. The molecule has 0 aliphatic carbocycles. The molecule has 0 saturated carbocycles. The van der Waals surface area contributed by atoms with E-state index < -0.39 is 16.3 Å². The van der Waals surface area contributed by atoms with E-state index in [-0.39, 0.29) is 42.3 Å². The van der Waals surface area contributed by atoms with Crippen LogP contribution in [0.25, 0.3) is 10.9 Å². The van der Waals surface area contributed by atoms with Crippen LogP contribution in [0.2, 0.25) is 0 Å². The molecule has 2 saturated heterocycles. The van der Waals surface area contributed by atoms with Gasteiger partial charge < -0.3 is 19.7 Å². The number of aliphatic hydroxyl groups excluding tert-OH is 2.